The van der Waals surface area contributed by atoms with E-state index in [-0.39, 0.29) is 12.4 Å². The Morgan fingerprint density at radius 2 is 1.92 bits per heavy atom. The summed E-state index contributed by atoms with van der Waals surface area (Å²) in [4.78, 5) is 0. The van der Waals surface area contributed by atoms with Gasteiger partial charge in [0, 0.05) is 13.2 Å². The summed E-state index contributed by atoms with van der Waals surface area (Å²) in [6.07, 6.45) is 7.39. The van der Waals surface area contributed by atoms with Crippen LogP contribution < -0.4 is 5.32 Å². The predicted octanol–water partition coefficient (Wildman–Crippen LogP) is 1.98. The summed E-state index contributed by atoms with van der Waals surface area (Å²) in [5, 5.41) is 3.32. The maximum atomic E-state index is 5.82. The Labute approximate surface area is 86.8 Å². The largest absolute Gasteiger partial charge is 0.377 e. The molecular weight excluding hydrogens is 186 g/mol. The van der Waals surface area contributed by atoms with E-state index in [2.05, 4.69) is 5.32 Å². The maximum absolute atomic E-state index is 5.82. The first-order valence-electron chi connectivity index (χ1n) is 5.27. The van der Waals surface area contributed by atoms with E-state index < -0.39 is 0 Å². The van der Waals surface area contributed by atoms with Gasteiger partial charge in [-0.2, -0.15) is 0 Å². The zero-order valence-corrected chi connectivity index (χ0v) is 8.94. The molecule has 1 aliphatic carbocycles. The van der Waals surface area contributed by atoms with Crippen LogP contribution in [-0.4, -0.2) is 25.8 Å². The lowest BCUT2D eigenvalue weighted by atomic mass is 10.1. The monoisotopic (exact) mass is 205 g/mol. The van der Waals surface area contributed by atoms with E-state index in [1.54, 1.807) is 0 Å². The average molecular weight is 206 g/mol. The van der Waals surface area contributed by atoms with Gasteiger partial charge in [-0.25, -0.2) is 0 Å². The average Bonchev–Trinajstić information content (AvgIpc) is 2.74. The van der Waals surface area contributed by atoms with Gasteiger partial charge < -0.3 is 10.1 Å². The molecule has 0 aromatic heterocycles. The number of rotatable bonds is 3. The van der Waals surface area contributed by atoms with Crippen molar-refractivity contribution in [2.24, 2.45) is 5.92 Å². The topological polar surface area (TPSA) is 21.3 Å². The fourth-order valence-corrected chi connectivity index (χ4v) is 2.22. The van der Waals surface area contributed by atoms with E-state index in [9.17, 15) is 0 Å². The molecule has 1 atom stereocenters. The van der Waals surface area contributed by atoms with E-state index in [0.29, 0.717) is 6.10 Å². The third kappa shape index (κ3) is 3.45. The van der Waals surface area contributed by atoms with E-state index in [1.807, 2.05) is 0 Å². The van der Waals surface area contributed by atoms with Crippen molar-refractivity contribution in [3.8, 4) is 0 Å². The third-order valence-electron chi connectivity index (χ3n) is 3.06. The normalized spacial score (nSPS) is 29.1. The van der Waals surface area contributed by atoms with Crippen molar-refractivity contribution in [1.82, 2.24) is 5.32 Å². The minimum Gasteiger partial charge on any atom is -0.377 e. The van der Waals surface area contributed by atoms with Gasteiger partial charge in [-0.3, -0.25) is 0 Å². The van der Waals surface area contributed by atoms with Crippen molar-refractivity contribution < 1.29 is 4.74 Å². The van der Waals surface area contributed by atoms with Crippen LogP contribution in [0.3, 0.4) is 0 Å². The molecule has 13 heavy (non-hydrogen) atoms. The van der Waals surface area contributed by atoms with E-state index in [1.165, 1.54) is 32.1 Å². The van der Waals surface area contributed by atoms with Gasteiger partial charge in [0.05, 0.1) is 6.10 Å². The number of halogens is 1. The van der Waals surface area contributed by atoms with Crippen LogP contribution in [0.1, 0.15) is 32.1 Å². The van der Waals surface area contributed by atoms with Gasteiger partial charge >= 0.3 is 0 Å². The first-order chi connectivity index (χ1) is 5.95. The SMILES string of the molecule is C1CCC(COC2CCNC2)C1.Cl. The summed E-state index contributed by atoms with van der Waals surface area (Å²) in [6.45, 7) is 3.24. The van der Waals surface area contributed by atoms with Gasteiger partial charge in [-0.1, -0.05) is 12.8 Å². The van der Waals surface area contributed by atoms with Crippen LogP contribution in [0.2, 0.25) is 0 Å². The highest BCUT2D eigenvalue weighted by Gasteiger charge is 2.19. The lowest BCUT2D eigenvalue weighted by Gasteiger charge is -2.14. The van der Waals surface area contributed by atoms with Crippen molar-refractivity contribution in [1.29, 1.82) is 0 Å². The lowest BCUT2D eigenvalue weighted by molar-refractivity contribution is 0.0425. The second kappa shape index (κ2) is 5.84. The second-order valence-electron chi connectivity index (χ2n) is 4.10. The van der Waals surface area contributed by atoms with E-state index in [0.717, 1.165) is 25.6 Å². The number of ether oxygens (including phenoxy) is 1. The Balaban J connectivity index is 0.000000845. The Morgan fingerprint density at radius 3 is 2.54 bits per heavy atom. The molecule has 1 N–H and O–H groups in total. The molecule has 2 fully saturated rings. The lowest BCUT2D eigenvalue weighted by Crippen LogP contribution is -2.19. The van der Waals surface area contributed by atoms with Crippen LogP contribution in [-0.2, 0) is 4.74 Å². The van der Waals surface area contributed by atoms with Gasteiger partial charge in [-0.15, -0.1) is 12.4 Å². The van der Waals surface area contributed by atoms with Crippen LogP contribution in [0.15, 0.2) is 0 Å². The first kappa shape index (κ1) is 11.3. The van der Waals surface area contributed by atoms with Crippen LogP contribution >= 0.6 is 12.4 Å². The second-order valence-corrected chi connectivity index (χ2v) is 4.10. The zero-order valence-electron chi connectivity index (χ0n) is 8.13. The summed E-state index contributed by atoms with van der Waals surface area (Å²) < 4.78 is 5.82. The van der Waals surface area contributed by atoms with Gasteiger partial charge in [0.15, 0.2) is 0 Å². The number of hydrogen-bond acceptors (Lipinski definition) is 2. The molecule has 0 bridgehead atoms. The summed E-state index contributed by atoms with van der Waals surface area (Å²) in [6, 6.07) is 0. The molecule has 2 nitrogen and oxygen atoms in total. The molecule has 1 aliphatic heterocycles. The first-order valence-corrected chi connectivity index (χ1v) is 5.27. The van der Waals surface area contributed by atoms with Crippen molar-refractivity contribution in [2.45, 2.75) is 38.2 Å². The molecule has 2 aliphatic rings. The highest BCUT2D eigenvalue weighted by Crippen LogP contribution is 2.25. The van der Waals surface area contributed by atoms with Crippen molar-refractivity contribution >= 4 is 12.4 Å². The summed E-state index contributed by atoms with van der Waals surface area (Å²) in [7, 11) is 0. The van der Waals surface area contributed by atoms with Crippen LogP contribution in [0.5, 0.6) is 0 Å². The van der Waals surface area contributed by atoms with Crippen molar-refractivity contribution in [3.63, 3.8) is 0 Å². The molecule has 1 saturated carbocycles. The Bertz CT molecular complexity index is 115. The molecule has 0 amide bonds. The van der Waals surface area contributed by atoms with Gasteiger partial charge in [0.1, 0.15) is 0 Å². The van der Waals surface area contributed by atoms with Gasteiger partial charge in [-0.05, 0) is 31.7 Å². The maximum Gasteiger partial charge on any atom is 0.0711 e. The standard InChI is InChI=1S/C10H19NO.ClH/c1-2-4-9(3-1)8-12-10-5-6-11-7-10;/h9-11H,1-8H2;1H. The van der Waals surface area contributed by atoms with Crippen molar-refractivity contribution in [3.05, 3.63) is 0 Å². The van der Waals surface area contributed by atoms with E-state index >= 15 is 0 Å². The molecule has 1 heterocycles. The summed E-state index contributed by atoms with van der Waals surface area (Å²) in [5.41, 5.74) is 0. The summed E-state index contributed by atoms with van der Waals surface area (Å²) in [5.74, 6) is 0.880. The minimum absolute atomic E-state index is 0. The number of hydrogen-bond donors (Lipinski definition) is 1. The fraction of sp³-hybridized carbons (Fsp3) is 1.00. The molecule has 3 heteroatoms. The fourth-order valence-electron chi connectivity index (χ4n) is 2.22. The van der Waals surface area contributed by atoms with Crippen LogP contribution in [0.4, 0.5) is 0 Å². The number of nitrogens with one attached hydrogen (secondary N) is 1. The molecule has 0 aromatic carbocycles. The highest BCUT2D eigenvalue weighted by molar-refractivity contribution is 5.85. The quantitative estimate of drug-likeness (QED) is 0.761. The van der Waals surface area contributed by atoms with Crippen molar-refractivity contribution in [2.75, 3.05) is 19.7 Å². The molecule has 0 spiro atoms. The molecule has 1 unspecified atom stereocenters. The third-order valence-corrected chi connectivity index (χ3v) is 3.06. The smallest absolute Gasteiger partial charge is 0.0711 e. The Hall–Kier alpha value is 0.210. The highest BCUT2D eigenvalue weighted by atomic mass is 35.5. The Kier molecular flexibility index (Phi) is 5.07. The van der Waals surface area contributed by atoms with Crippen LogP contribution in [0, 0.1) is 5.92 Å². The predicted molar refractivity (Wildman–Crippen MR) is 56.4 cm³/mol. The minimum atomic E-state index is 0. The molecule has 78 valence electrons. The van der Waals surface area contributed by atoms with Gasteiger partial charge in [0.2, 0.25) is 0 Å². The molecule has 0 aromatic rings. The Morgan fingerprint density at radius 1 is 1.15 bits per heavy atom. The van der Waals surface area contributed by atoms with Gasteiger partial charge in [0.25, 0.3) is 0 Å². The molecular formula is C10H20ClNO. The molecule has 0 radical (unpaired) electrons. The van der Waals surface area contributed by atoms with E-state index in [4.69, 9.17) is 4.74 Å². The zero-order chi connectivity index (χ0) is 8.23. The summed E-state index contributed by atoms with van der Waals surface area (Å²) >= 11 is 0. The van der Waals surface area contributed by atoms with Crippen LogP contribution in [0.25, 0.3) is 0 Å². The molecule has 1 saturated heterocycles. The molecule has 2 rings (SSSR count).